The molecule has 0 aliphatic carbocycles. The van der Waals surface area contributed by atoms with Gasteiger partial charge >= 0.3 is 5.97 Å². The summed E-state index contributed by atoms with van der Waals surface area (Å²) in [6.07, 6.45) is 0. The van der Waals surface area contributed by atoms with Crippen molar-refractivity contribution in [3.05, 3.63) is 0 Å². The number of ether oxygens (including phenoxy) is 2. The van der Waals surface area contributed by atoms with Crippen LogP contribution in [0.15, 0.2) is 0 Å². The number of alkyl halides is 1. The van der Waals surface area contributed by atoms with Crippen molar-refractivity contribution in [3.8, 4) is 0 Å². The number of esters is 1. The molecule has 0 fully saturated rings. The van der Waals surface area contributed by atoms with Gasteiger partial charge in [-0.3, -0.25) is 0 Å². The summed E-state index contributed by atoms with van der Waals surface area (Å²) in [5.41, 5.74) is 0. The summed E-state index contributed by atoms with van der Waals surface area (Å²) in [6, 6.07) is 0. The molecule has 0 saturated carbocycles. The fourth-order valence-electron chi connectivity index (χ4n) is 0.269. The SMILES string of the molecule is COC(=O)COCCCl. The molecule has 0 radical (unpaired) electrons. The molecule has 0 unspecified atom stereocenters. The van der Waals surface area contributed by atoms with Crippen LogP contribution < -0.4 is 0 Å². The maximum Gasteiger partial charge on any atom is 0.331 e. The summed E-state index contributed by atoms with van der Waals surface area (Å²) in [5, 5.41) is 0. The Hall–Kier alpha value is -0.280. The fourth-order valence-corrected chi connectivity index (χ4v) is 0.378. The molecule has 54 valence electrons. The van der Waals surface area contributed by atoms with Crippen LogP contribution in [0, 0.1) is 0 Å². The molecular formula is C5H9ClO3. The van der Waals surface area contributed by atoms with Crippen LogP contribution in [0.5, 0.6) is 0 Å². The number of hydrogen-bond acceptors (Lipinski definition) is 3. The number of hydrogen-bond donors (Lipinski definition) is 0. The molecule has 0 amide bonds. The van der Waals surface area contributed by atoms with E-state index in [0.29, 0.717) is 12.5 Å². The number of halogens is 1. The quantitative estimate of drug-likeness (QED) is 0.333. The van der Waals surface area contributed by atoms with Gasteiger partial charge in [0.25, 0.3) is 0 Å². The molecule has 9 heavy (non-hydrogen) atoms. The molecule has 0 bridgehead atoms. The van der Waals surface area contributed by atoms with Crippen LogP contribution in [0.25, 0.3) is 0 Å². The Labute approximate surface area is 58.9 Å². The molecule has 4 heteroatoms. The van der Waals surface area contributed by atoms with E-state index < -0.39 is 0 Å². The Morgan fingerprint density at radius 3 is 2.78 bits per heavy atom. The van der Waals surface area contributed by atoms with Gasteiger partial charge in [0.1, 0.15) is 6.61 Å². The highest BCUT2D eigenvalue weighted by molar-refractivity contribution is 6.17. The van der Waals surface area contributed by atoms with Crippen molar-refractivity contribution in [3.63, 3.8) is 0 Å². The van der Waals surface area contributed by atoms with Gasteiger partial charge in [-0.1, -0.05) is 0 Å². The van der Waals surface area contributed by atoms with Crippen LogP contribution in [0.3, 0.4) is 0 Å². The highest BCUT2D eigenvalue weighted by Crippen LogP contribution is 1.80. The third-order valence-corrected chi connectivity index (χ3v) is 0.823. The Balaban J connectivity index is 2.97. The van der Waals surface area contributed by atoms with Gasteiger partial charge in [-0.2, -0.15) is 0 Å². The molecule has 0 aliphatic heterocycles. The van der Waals surface area contributed by atoms with E-state index in [1.165, 1.54) is 7.11 Å². The van der Waals surface area contributed by atoms with Crippen LogP contribution in [0.2, 0.25) is 0 Å². The Morgan fingerprint density at radius 2 is 2.33 bits per heavy atom. The molecule has 0 aromatic heterocycles. The lowest BCUT2D eigenvalue weighted by molar-refractivity contribution is -0.145. The van der Waals surface area contributed by atoms with Crippen molar-refractivity contribution < 1.29 is 14.3 Å². The first-order valence-corrected chi connectivity index (χ1v) is 3.05. The number of carbonyl (C=O) groups excluding carboxylic acids is 1. The number of carbonyl (C=O) groups is 1. The molecule has 0 heterocycles. The molecule has 0 N–H and O–H groups in total. The first-order valence-electron chi connectivity index (χ1n) is 2.51. The molecule has 0 aromatic carbocycles. The summed E-state index contributed by atoms with van der Waals surface area (Å²) in [5.74, 6) is 0.0249. The zero-order chi connectivity index (χ0) is 7.11. The predicted molar refractivity (Wildman–Crippen MR) is 33.6 cm³/mol. The van der Waals surface area contributed by atoms with Crippen molar-refractivity contribution in [2.45, 2.75) is 0 Å². The fraction of sp³-hybridized carbons (Fsp3) is 0.800. The average Bonchev–Trinajstić information content (AvgIpc) is 1.89. The van der Waals surface area contributed by atoms with E-state index in [1.807, 2.05) is 0 Å². The van der Waals surface area contributed by atoms with Crippen LogP contribution in [0.4, 0.5) is 0 Å². The summed E-state index contributed by atoms with van der Waals surface area (Å²) in [7, 11) is 1.31. The second-order valence-electron chi connectivity index (χ2n) is 1.32. The van der Waals surface area contributed by atoms with Crippen molar-refractivity contribution in [2.75, 3.05) is 26.2 Å². The lowest BCUT2D eigenvalue weighted by atomic mass is 10.7. The van der Waals surface area contributed by atoms with E-state index in [4.69, 9.17) is 16.3 Å². The molecule has 0 aliphatic rings. The number of methoxy groups -OCH3 is 1. The van der Waals surface area contributed by atoms with Crippen LogP contribution in [0.1, 0.15) is 0 Å². The van der Waals surface area contributed by atoms with E-state index in [1.54, 1.807) is 0 Å². The minimum atomic E-state index is -0.375. The molecule has 0 atom stereocenters. The van der Waals surface area contributed by atoms with Crippen molar-refractivity contribution in [1.82, 2.24) is 0 Å². The van der Waals surface area contributed by atoms with Gasteiger partial charge in [0.15, 0.2) is 0 Å². The zero-order valence-electron chi connectivity index (χ0n) is 5.22. The summed E-state index contributed by atoms with van der Waals surface area (Å²) in [6.45, 7) is 0.375. The Bertz CT molecular complexity index is 84.3. The van der Waals surface area contributed by atoms with Gasteiger partial charge in [-0.05, 0) is 0 Å². The minimum absolute atomic E-state index is 0.0107. The lowest BCUT2D eigenvalue weighted by Gasteiger charge is -1.97. The Kier molecular flexibility index (Phi) is 5.67. The maximum absolute atomic E-state index is 10.3. The van der Waals surface area contributed by atoms with Gasteiger partial charge in [0.05, 0.1) is 13.7 Å². The van der Waals surface area contributed by atoms with E-state index in [0.717, 1.165) is 0 Å². The Morgan fingerprint density at radius 1 is 1.67 bits per heavy atom. The molecule has 3 nitrogen and oxygen atoms in total. The summed E-state index contributed by atoms with van der Waals surface area (Å²) >= 11 is 5.25. The van der Waals surface area contributed by atoms with Crippen LogP contribution in [-0.2, 0) is 14.3 Å². The molecular weight excluding hydrogens is 144 g/mol. The zero-order valence-corrected chi connectivity index (χ0v) is 5.98. The standard InChI is InChI=1S/C5H9ClO3/c1-8-5(7)4-9-3-2-6/h2-4H2,1H3. The second-order valence-corrected chi connectivity index (χ2v) is 1.70. The summed E-state index contributed by atoms with van der Waals surface area (Å²) < 4.78 is 9.02. The molecule has 0 aromatic rings. The molecule has 0 spiro atoms. The van der Waals surface area contributed by atoms with Gasteiger partial charge in [-0.25, -0.2) is 4.79 Å². The van der Waals surface area contributed by atoms with Crippen LogP contribution in [-0.4, -0.2) is 32.2 Å². The highest BCUT2D eigenvalue weighted by atomic mass is 35.5. The van der Waals surface area contributed by atoms with Gasteiger partial charge in [-0.15, -0.1) is 11.6 Å². The first kappa shape index (κ1) is 8.72. The van der Waals surface area contributed by atoms with Gasteiger partial charge in [0.2, 0.25) is 0 Å². The third-order valence-electron chi connectivity index (χ3n) is 0.669. The van der Waals surface area contributed by atoms with E-state index in [9.17, 15) is 4.79 Å². The van der Waals surface area contributed by atoms with Gasteiger partial charge < -0.3 is 9.47 Å². The predicted octanol–water partition coefficient (Wildman–Crippen LogP) is 0.415. The van der Waals surface area contributed by atoms with Crippen molar-refractivity contribution >= 4 is 17.6 Å². The first-order chi connectivity index (χ1) is 4.31. The lowest BCUT2D eigenvalue weighted by Crippen LogP contribution is -2.11. The monoisotopic (exact) mass is 152 g/mol. The van der Waals surface area contributed by atoms with E-state index in [2.05, 4.69) is 4.74 Å². The second kappa shape index (κ2) is 5.85. The normalized spacial score (nSPS) is 9.11. The average molecular weight is 153 g/mol. The van der Waals surface area contributed by atoms with Gasteiger partial charge in [0, 0.05) is 5.88 Å². The van der Waals surface area contributed by atoms with E-state index in [-0.39, 0.29) is 12.6 Å². The highest BCUT2D eigenvalue weighted by Gasteiger charge is 1.96. The van der Waals surface area contributed by atoms with Crippen molar-refractivity contribution in [2.24, 2.45) is 0 Å². The largest absolute Gasteiger partial charge is 0.467 e. The maximum atomic E-state index is 10.3. The molecule has 0 saturated heterocycles. The minimum Gasteiger partial charge on any atom is -0.467 e. The third kappa shape index (κ3) is 5.59. The van der Waals surface area contributed by atoms with Crippen LogP contribution >= 0.6 is 11.6 Å². The summed E-state index contributed by atoms with van der Waals surface area (Å²) in [4.78, 5) is 10.3. The molecule has 0 rings (SSSR count). The topological polar surface area (TPSA) is 35.5 Å². The van der Waals surface area contributed by atoms with Crippen molar-refractivity contribution in [1.29, 1.82) is 0 Å². The van der Waals surface area contributed by atoms with E-state index >= 15 is 0 Å². The number of rotatable bonds is 4. The smallest absolute Gasteiger partial charge is 0.331 e.